The van der Waals surface area contributed by atoms with E-state index < -0.39 is 31.1 Å². The minimum Gasteiger partial charge on any atom is -0.480 e. The summed E-state index contributed by atoms with van der Waals surface area (Å²) in [6.45, 7) is -0.991. The Bertz CT molecular complexity index is 1350. The summed E-state index contributed by atoms with van der Waals surface area (Å²) >= 11 is 17.9. The highest BCUT2D eigenvalue weighted by Gasteiger charge is 2.45. The van der Waals surface area contributed by atoms with E-state index in [1.807, 2.05) is 24.3 Å². The van der Waals surface area contributed by atoms with Crippen LogP contribution in [0, 0.1) is 5.92 Å². The molecule has 3 heterocycles. The fourth-order valence-electron chi connectivity index (χ4n) is 4.49. The van der Waals surface area contributed by atoms with Crippen LogP contribution < -0.4 is 4.74 Å². The number of rotatable bonds is 7. The molecule has 1 aliphatic heterocycles. The van der Waals surface area contributed by atoms with Crippen LogP contribution in [-0.4, -0.2) is 35.8 Å². The van der Waals surface area contributed by atoms with Gasteiger partial charge in [0, 0.05) is 12.0 Å². The summed E-state index contributed by atoms with van der Waals surface area (Å²) in [4.78, 5) is 25.5. The van der Waals surface area contributed by atoms with Crippen molar-refractivity contribution in [3.63, 3.8) is 0 Å². The van der Waals surface area contributed by atoms with Gasteiger partial charge >= 0.3 is 5.97 Å². The highest BCUT2D eigenvalue weighted by molar-refractivity contribution is 6.43. The highest BCUT2D eigenvalue weighted by atomic mass is 35.5. The summed E-state index contributed by atoms with van der Waals surface area (Å²) < 4.78 is 21.7. The second-order valence-corrected chi connectivity index (χ2v) is 9.74. The number of nitrogens with zero attached hydrogens (tertiary/aromatic N) is 2. The molecule has 0 saturated heterocycles. The van der Waals surface area contributed by atoms with Crippen molar-refractivity contribution in [1.29, 1.82) is 0 Å². The predicted molar refractivity (Wildman–Crippen MR) is 138 cm³/mol. The van der Waals surface area contributed by atoms with Crippen LogP contribution in [-0.2, 0) is 14.3 Å². The molecule has 5 rings (SSSR count). The Labute approximate surface area is 227 Å². The SMILES string of the molecule is O=C(COc1cc(Cl)c(Cl)cc1Cl)OCC(=O)N1N=C2C(=Cc3ccco3)CCCC2C1c1ccco1. The van der Waals surface area contributed by atoms with Gasteiger partial charge in [0.15, 0.2) is 13.2 Å². The van der Waals surface area contributed by atoms with Crippen molar-refractivity contribution in [2.24, 2.45) is 11.0 Å². The Morgan fingerprint density at radius 3 is 2.59 bits per heavy atom. The molecule has 1 fully saturated rings. The smallest absolute Gasteiger partial charge is 0.344 e. The van der Waals surface area contributed by atoms with E-state index in [-0.39, 0.29) is 26.7 Å². The largest absolute Gasteiger partial charge is 0.480 e. The van der Waals surface area contributed by atoms with Crippen molar-refractivity contribution in [3.05, 3.63) is 81.1 Å². The number of allylic oxidation sites excluding steroid dienone is 1. The first-order valence-electron chi connectivity index (χ1n) is 11.5. The van der Waals surface area contributed by atoms with E-state index in [0.29, 0.717) is 11.5 Å². The Morgan fingerprint density at radius 1 is 1.05 bits per heavy atom. The summed E-state index contributed by atoms with van der Waals surface area (Å²) in [5.41, 5.74) is 1.81. The minimum atomic E-state index is -0.757. The van der Waals surface area contributed by atoms with E-state index in [2.05, 4.69) is 5.10 Å². The Kier molecular flexibility index (Phi) is 7.60. The van der Waals surface area contributed by atoms with Crippen LogP contribution in [0.2, 0.25) is 15.1 Å². The van der Waals surface area contributed by atoms with Crippen LogP contribution in [0.15, 0.2) is 68.4 Å². The molecule has 2 unspecified atom stereocenters. The lowest BCUT2D eigenvalue weighted by molar-refractivity contribution is -0.154. The molecule has 2 atom stereocenters. The monoisotopic (exact) mass is 562 g/mol. The molecule has 0 N–H and O–H groups in total. The molecular formula is C26H21Cl3N2O6. The lowest BCUT2D eigenvalue weighted by Gasteiger charge is -2.27. The van der Waals surface area contributed by atoms with Gasteiger partial charge in [-0.2, -0.15) is 5.10 Å². The normalized spacial score (nSPS) is 20.0. The van der Waals surface area contributed by atoms with Gasteiger partial charge in [0.2, 0.25) is 0 Å². The molecule has 1 amide bonds. The van der Waals surface area contributed by atoms with Gasteiger partial charge in [-0.1, -0.05) is 34.8 Å². The Balaban J connectivity index is 1.28. The molecule has 0 bridgehead atoms. The Morgan fingerprint density at radius 2 is 1.84 bits per heavy atom. The number of fused-ring (bicyclic) bond motifs is 1. The lowest BCUT2D eigenvalue weighted by Crippen LogP contribution is -2.34. The zero-order chi connectivity index (χ0) is 25.9. The molecular weight excluding hydrogens is 543 g/mol. The highest BCUT2D eigenvalue weighted by Crippen LogP contribution is 2.44. The van der Waals surface area contributed by atoms with Gasteiger partial charge in [0.25, 0.3) is 5.91 Å². The maximum atomic E-state index is 13.2. The predicted octanol–water partition coefficient (Wildman–Crippen LogP) is 6.58. The number of benzene rings is 1. The second kappa shape index (κ2) is 11.0. The number of amides is 1. The quantitative estimate of drug-likeness (QED) is 0.238. The molecule has 1 saturated carbocycles. The summed E-state index contributed by atoms with van der Waals surface area (Å²) in [6, 6.07) is 9.63. The van der Waals surface area contributed by atoms with Crippen LogP contribution in [0.25, 0.3) is 6.08 Å². The first kappa shape index (κ1) is 25.4. The molecule has 0 spiro atoms. The van der Waals surface area contributed by atoms with E-state index in [1.165, 1.54) is 17.1 Å². The number of hydrazone groups is 1. The van der Waals surface area contributed by atoms with Crippen LogP contribution in [0.4, 0.5) is 0 Å². The van der Waals surface area contributed by atoms with Gasteiger partial charge < -0.3 is 18.3 Å². The first-order valence-corrected chi connectivity index (χ1v) is 12.7. The maximum Gasteiger partial charge on any atom is 0.344 e. The number of halogens is 3. The number of hydrogen-bond donors (Lipinski definition) is 0. The average Bonchev–Trinajstić information content (AvgIpc) is 3.65. The topological polar surface area (TPSA) is 94.5 Å². The third-order valence-corrected chi connectivity index (χ3v) is 7.15. The van der Waals surface area contributed by atoms with Crippen molar-refractivity contribution >= 4 is 58.5 Å². The summed E-state index contributed by atoms with van der Waals surface area (Å²) in [5, 5.41) is 6.70. The fourth-order valence-corrected chi connectivity index (χ4v) is 5.08. The number of hydrogen-bond acceptors (Lipinski definition) is 7. The molecule has 192 valence electrons. The van der Waals surface area contributed by atoms with E-state index in [0.717, 1.165) is 30.5 Å². The molecule has 8 nitrogen and oxygen atoms in total. The zero-order valence-corrected chi connectivity index (χ0v) is 21.6. The zero-order valence-electron chi connectivity index (χ0n) is 19.4. The fraction of sp³-hybridized carbons (Fsp3) is 0.269. The van der Waals surface area contributed by atoms with Gasteiger partial charge in [-0.3, -0.25) is 4.79 Å². The molecule has 11 heteroatoms. The molecule has 1 aromatic carbocycles. The van der Waals surface area contributed by atoms with E-state index >= 15 is 0 Å². The number of esters is 1. The summed E-state index contributed by atoms with van der Waals surface area (Å²) in [5.74, 6) is 0.201. The number of ether oxygens (including phenoxy) is 2. The second-order valence-electron chi connectivity index (χ2n) is 8.51. The Hall–Kier alpha value is -3.20. The minimum absolute atomic E-state index is 0.0547. The third-order valence-electron chi connectivity index (χ3n) is 6.13. The summed E-state index contributed by atoms with van der Waals surface area (Å²) in [7, 11) is 0. The molecule has 37 heavy (non-hydrogen) atoms. The van der Waals surface area contributed by atoms with Crippen molar-refractivity contribution in [2.75, 3.05) is 13.2 Å². The van der Waals surface area contributed by atoms with E-state index in [1.54, 1.807) is 18.6 Å². The maximum absolute atomic E-state index is 13.2. The summed E-state index contributed by atoms with van der Waals surface area (Å²) in [6.07, 6.45) is 7.69. The number of carbonyl (C=O) groups excluding carboxylic acids is 2. The average molecular weight is 564 g/mol. The van der Waals surface area contributed by atoms with Gasteiger partial charge in [-0.05, 0) is 61.2 Å². The molecule has 0 radical (unpaired) electrons. The van der Waals surface area contributed by atoms with Crippen LogP contribution in [0.3, 0.4) is 0 Å². The van der Waals surface area contributed by atoms with E-state index in [4.69, 9.17) is 53.1 Å². The van der Waals surface area contributed by atoms with Crippen LogP contribution in [0.1, 0.15) is 36.8 Å². The van der Waals surface area contributed by atoms with E-state index in [9.17, 15) is 9.59 Å². The van der Waals surface area contributed by atoms with Crippen molar-refractivity contribution in [3.8, 4) is 5.75 Å². The van der Waals surface area contributed by atoms with Crippen LogP contribution in [0.5, 0.6) is 5.75 Å². The lowest BCUT2D eigenvalue weighted by atomic mass is 9.79. The van der Waals surface area contributed by atoms with Crippen molar-refractivity contribution < 1.29 is 27.9 Å². The first-order chi connectivity index (χ1) is 17.9. The van der Waals surface area contributed by atoms with Gasteiger partial charge in [0.1, 0.15) is 23.3 Å². The molecule has 1 aliphatic carbocycles. The van der Waals surface area contributed by atoms with Gasteiger partial charge in [-0.15, -0.1) is 0 Å². The molecule has 3 aromatic rings. The van der Waals surface area contributed by atoms with Gasteiger partial charge in [-0.25, -0.2) is 9.80 Å². The van der Waals surface area contributed by atoms with Crippen LogP contribution >= 0.6 is 34.8 Å². The molecule has 2 aliphatic rings. The van der Waals surface area contributed by atoms with Gasteiger partial charge in [0.05, 0.1) is 33.3 Å². The third kappa shape index (κ3) is 5.56. The standard InChI is InChI=1S/C26H21Cl3N2O6/c27-18-11-20(29)22(12-19(18)28)36-14-24(33)37-13-23(32)31-26(21-7-3-9-35-21)17-6-1-4-15(25(17)30-31)10-16-5-2-8-34-16/h2-3,5,7-12,17,26H,1,4,6,13-14H2. The number of furan rings is 2. The van der Waals surface area contributed by atoms with Crippen molar-refractivity contribution in [2.45, 2.75) is 25.3 Å². The van der Waals surface area contributed by atoms with Crippen molar-refractivity contribution in [1.82, 2.24) is 5.01 Å². The molecule has 2 aromatic heterocycles. The number of carbonyl (C=O) groups is 2.